The van der Waals surface area contributed by atoms with E-state index in [1.807, 2.05) is 48.5 Å². The highest BCUT2D eigenvalue weighted by molar-refractivity contribution is 5.89. The Bertz CT molecular complexity index is 726. The second-order valence-corrected chi connectivity index (χ2v) is 6.06. The van der Waals surface area contributed by atoms with Crippen LogP contribution < -0.4 is 10.1 Å². The van der Waals surface area contributed by atoms with E-state index in [0.29, 0.717) is 18.0 Å². The van der Waals surface area contributed by atoms with Crippen molar-refractivity contribution in [2.75, 3.05) is 6.54 Å². The summed E-state index contributed by atoms with van der Waals surface area (Å²) in [6.45, 7) is 2.13. The Kier molecular flexibility index (Phi) is 4.51. The molecule has 5 nitrogen and oxygen atoms in total. The molecule has 2 aromatic rings. The first-order valence-corrected chi connectivity index (χ1v) is 7.91. The van der Waals surface area contributed by atoms with E-state index in [9.17, 15) is 9.59 Å². The van der Waals surface area contributed by atoms with Gasteiger partial charge in [0.25, 0.3) is 0 Å². The van der Waals surface area contributed by atoms with E-state index in [0.717, 1.165) is 11.1 Å². The molecule has 0 bridgehead atoms. The van der Waals surface area contributed by atoms with Gasteiger partial charge in [0.15, 0.2) is 0 Å². The van der Waals surface area contributed by atoms with Crippen LogP contribution >= 0.6 is 0 Å². The molecule has 1 amide bonds. The number of carbonyl (C=O) groups excluding carboxylic acids is 1. The van der Waals surface area contributed by atoms with Gasteiger partial charge in [0.05, 0.1) is 5.92 Å². The van der Waals surface area contributed by atoms with E-state index < -0.39 is 11.9 Å². The lowest BCUT2D eigenvalue weighted by molar-refractivity contribution is -0.138. The molecule has 3 rings (SSSR count). The third-order valence-corrected chi connectivity index (χ3v) is 4.09. The van der Waals surface area contributed by atoms with Crippen LogP contribution in [-0.2, 0) is 9.59 Å². The number of hydrogen-bond donors (Lipinski definition) is 2. The Labute approximate surface area is 140 Å². The number of amides is 1. The van der Waals surface area contributed by atoms with E-state index in [2.05, 4.69) is 5.32 Å². The molecule has 24 heavy (non-hydrogen) atoms. The van der Waals surface area contributed by atoms with Gasteiger partial charge in [-0.1, -0.05) is 43.3 Å². The van der Waals surface area contributed by atoms with Gasteiger partial charge in [-0.3, -0.25) is 9.59 Å². The Morgan fingerprint density at radius 2 is 1.62 bits per heavy atom. The van der Waals surface area contributed by atoms with Gasteiger partial charge >= 0.3 is 5.97 Å². The summed E-state index contributed by atoms with van der Waals surface area (Å²) in [6.07, 6.45) is 0.0290. The maximum Gasteiger partial charge on any atom is 0.303 e. The van der Waals surface area contributed by atoms with Crippen LogP contribution in [0.1, 0.15) is 30.4 Å². The van der Waals surface area contributed by atoms with Crippen LogP contribution in [-0.4, -0.2) is 23.5 Å². The molecule has 1 aliphatic rings. The van der Waals surface area contributed by atoms with Crippen molar-refractivity contribution in [3.63, 3.8) is 0 Å². The molecule has 1 heterocycles. The van der Waals surface area contributed by atoms with Crippen molar-refractivity contribution in [3.8, 4) is 11.5 Å². The monoisotopic (exact) mass is 325 g/mol. The number of benzene rings is 2. The van der Waals surface area contributed by atoms with Crippen molar-refractivity contribution >= 4 is 11.9 Å². The van der Waals surface area contributed by atoms with Gasteiger partial charge in [-0.15, -0.1) is 0 Å². The summed E-state index contributed by atoms with van der Waals surface area (Å²) in [5.41, 5.74) is 1.64. The molecule has 5 heteroatoms. The quantitative estimate of drug-likeness (QED) is 0.885. The molecule has 0 saturated heterocycles. The third kappa shape index (κ3) is 3.25. The summed E-state index contributed by atoms with van der Waals surface area (Å²) >= 11 is 0. The van der Waals surface area contributed by atoms with Crippen molar-refractivity contribution in [3.05, 3.63) is 59.7 Å². The van der Waals surface area contributed by atoms with Gasteiger partial charge < -0.3 is 15.2 Å². The summed E-state index contributed by atoms with van der Waals surface area (Å²) in [7, 11) is 0. The van der Waals surface area contributed by atoms with Crippen LogP contribution in [0.15, 0.2) is 48.5 Å². The van der Waals surface area contributed by atoms with Crippen molar-refractivity contribution in [2.24, 2.45) is 5.92 Å². The number of carbonyl (C=O) groups is 2. The second-order valence-electron chi connectivity index (χ2n) is 6.06. The zero-order valence-electron chi connectivity index (χ0n) is 13.4. The molecule has 2 aromatic carbocycles. The molecular formula is C19H19NO4. The lowest BCUT2D eigenvalue weighted by Gasteiger charge is -2.27. The Morgan fingerprint density at radius 1 is 1.08 bits per heavy atom. The summed E-state index contributed by atoms with van der Waals surface area (Å²) < 4.78 is 5.88. The number of aliphatic carboxylic acids is 1. The molecule has 124 valence electrons. The first-order chi connectivity index (χ1) is 11.6. The predicted molar refractivity (Wildman–Crippen MR) is 89.2 cm³/mol. The van der Waals surface area contributed by atoms with E-state index in [-0.39, 0.29) is 18.2 Å². The topological polar surface area (TPSA) is 75.6 Å². The van der Waals surface area contributed by atoms with E-state index in [1.54, 1.807) is 6.92 Å². The summed E-state index contributed by atoms with van der Waals surface area (Å²) in [5, 5.41) is 11.7. The second kappa shape index (κ2) is 6.74. The van der Waals surface area contributed by atoms with E-state index in [4.69, 9.17) is 9.84 Å². The van der Waals surface area contributed by atoms with Gasteiger partial charge in [-0.25, -0.2) is 0 Å². The first kappa shape index (κ1) is 16.1. The smallest absolute Gasteiger partial charge is 0.303 e. The lowest BCUT2D eigenvalue weighted by Crippen LogP contribution is -2.34. The fourth-order valence-electron chi connectivity index (χ4n) is 2.94. The number of fused-ring (bicyclic) bond motifs is 2. The standard InChI is InChI=1S/C19H19NO4/c1-12(10-17(21)22)11-20-19(23)18-13-6-2-4-8-15(13)24-16-9-5-3-7-14(16)18/h2-9,12,18H,10-11H2,1H3,(H,20,23)(H,21,22). The first-order valence-electron chi connectivity index (χ1n) is 7.91. The van der Waals surface area contributed by atoms with Gasteiger partial charge in [-0.2, -0.15) is 0 Å². The van der Waals surface area contributed by atoms with E-state index in [1.165, 1.54) is 0 Å². The molecule has 0 radical (unpaired) electrons. The van der Waals surface area contributed by atoms with Crippen molar-refractivity contribution in [1.29, 1.82) is 0 Å². The average molecular weight is 325 g/mol. The molecule has 2 N–H and O–H groups in total. The maximum absolute atomic E-state index is 12.8. The molecule has 1 aliphatic heterocycles. The van der Waals surface area contributed by atoms with E-state index >= 15 is 0 Å². The van der Waals surface area contributed by atoms with Crippen LogP contribution in [0.2, 0.25) is 0 Å². The number of hydrogen-bond acceptors (Lipinski definition) is 3. The summed E-state index contributed by atoms with van der Waals surface area (Å²) in [5.74, 6) is -0.237. The van der Waals surface area contributed by atoms with Crippen molar-refractivity contribution in [2.45, 2.75) is 19.3 Å². The van der Waals surface area contributed by atoms with Crippen molar-refractivity contribution in [1.82, 2.24) is 5.32 Å². The Balaban J connectivity index is 1.84. The SMILES string of the molecule is CC(CNC(=O)C1c2ccccc2Oc2ccccc21)CC(=O)O. The molecular weight excluding hydrogens is 306 g/mol. The van der Waals surface area contributed by atoms with Gasteiger partial charge in [0, 0.05) is 24.1 Å². The summed E-state index contributed by atoms with van der Waals surface area (Å²) in [6, 6.07) is 15.0. The number of rotatable bonds is 5. The summed E-state index contributed by atoms with van der Waals surface area (Å²) in [4.78, 5) is 23.6. The zero-order valence-corrected chi connectivity index (χ0v) is 13.4. The van der Waals surface area contributed by atoms with Crippen LogP contribution in [0.4, 0.5) is 0 Å². The number of para-hydroxylation sites is 2. The van der Waals surface area contributed by atoms with Crippen LogP contribution in [0, 0.1) is 5.92 Å². The Morgan fingerprint density at radius 3 is 2.17 bits per heavy atom. The largest absolute Gasteiger partial charge is 0.481 e. The van der Waals surface area contributed by atoms with Crippen LogP contribution in [0.25, 0.3) is 0 Å². The number of nitrogens with one attached hydrogen (secondary N) is 1. The minimum absolute atomic E-state index is 0.0290. The number of carboxylic acid groups (broad SMARTS) is 1. The molecule has 0 aromatic heterocycles. The van der Waals surface area contributed by atoms with Crippen LogP contribution in [0.5, 0.6) is 11.5 Å². The minimum Gasteiger partial charge on any atom is -0.481 e. The highest BCUT2D eigenvalue weighted by atomic mass is 16.5. The fraction of sp³-hybridized carbons (Fsp3) is 0.263. The lowest BCUT2D eigenvalue weighted by atomic mass is 9.87. The molecule has 0 spiro atoms. The predicted octanol–water partition coefficient (Wildman–Crippen LogP) is 3.15. The highest BCUT2D eigenvalue weighted by Gasteiger charge is 2.32. The fourth-order valence-corrected chi connectivity index (χ4v) is 2.94. The Hall–Kier alpha value is -2.82. The number of carboxylic acids is 1. The van der Waals surface area contributed by atoms with Gasteiger partial charge in [0.1, 0.15) is 11.5 Å². The normalized spacial score (nSPS) is 14.0. The molecule has 1 unspecified atom stereocenters. The molecule has 1 atom stereocenters. The van der Waals surface area contributed by atoms with Gasteiger partial charge in [0.2, 0.25) is 5.91 Å². The third-order valence-electron chi connectivity index (χ3n) is 4.09. The average Bonchev–Trinajstić information content (AvgIpc) is 2.57. The van der Waals surface area contributed by atoms with Crippen LogP contribution in [0.3, 0.4) is 0 Å². The van der Waals surface area contributed by atoms with Crippen molar-refractivity contribution < 1.29 is 19.4 Å². The highest BCUT2D eigenvalue weighted by Crippen LogP contribution is 2.43. The zero-order chi connectivity index (χ0) is 17.1. The molecule has 0 saturated carbocycles. The minimum atomic E-state index is -0.862. The maximum atomic E-state index is 12.8. The number of ether oxygens (including phenoxy) is 1. The van der Waals surface area contributed by atoms with Gasteiger partial charge in [-0.05, 0) is 18.1 Å². The molecule has 0 aliphatic carbocycles. The molecule has 0 fully saturated rings.